The van der Waals surface area contributed by atoms with E-state index in [0.29, 0.717) is 23.6 Å². The largest absolute Gasteiger partial charge is 0.355 e. The van der Waals surface area contributed by atoms with Gasteiger partial charge in [0.2, 0.25) is 0 Å². The maximum absolute atomic E-state index is 12.7. The summed E-state index contributed by atoms with van der Waals surface area (Å²) in [5.41, 5.74) is 2.93. The van der Waals surface area contributed by atoms with Crippen molar-refractivity contribution in [3.8, 4) is 6.07 Å². The van der Waals surface area contributed by atoms with Crippen molar-refractivity contribution in [1.82, 2.24) is 9.97 Å². The van der Waals surface area contributed by atoms with Crippen LogP contribution in [0, 0.1) is 31.1 Å². The van der Waals surface area contributed by atoms with Crippen LogP contribution in [0.2, 0.25) is 0 Å². The van der Waals surface area contributed by atoms with Crippen LogP contribution < -0.4 is 4.90 Å². The van der Waals surface area contributed by atoms with Crippen molar-refractivity contribution in [3.05, 3.63) is 53.0 Å². The first-order valence-corrected chi connectivity index (χ1v) is 8.18. The van der Waals surface area contributed by atoms with E-state index in [4.69, 9.17) is 0 Å². The smallest absolute Gasteiger partial charge is 0.185 e. The van der Waals surface area contributed by atoms with Crippen LogP contribution in [0.15, 0.2) is 30.5 Å². The second-order valence-electron chi connectivity index (χ2n) is 6.26. The first-order chi connectivity index (χ1) is 11.6. The molecule has 2 aromatic rings. The summed E-state index contributed by atoms with van der Waals surface area (Å²) in [6.07, 6.45) is 3.40. The van der Waals surface area contributed by atoms with Crippen LogP contribution in [0.3, 0.4) is 0 Å². The van der Waals surface area contributed by atoms with Gasteiger partial charge in [0.05, 0.1) is 5.56 Å². The Morgan fingerprint density at radius 3 is 2.92 bits per heavy atom. The maximum atomic E-state index is 12.7. The zero-order chi connectivity index (χ0) is 17.1. The highest BCUT2D eigenvalue weighted by Crippen LogP contribution is 2.28. The van der Waals surface area contributed by atoms with Gasteiger partial charge in [-0.25, -0.2) is 4.98 Å². The van der Waals surface area contributed by atoms with Gasteiger partial charge in [0, 0.05) is 30.9 Å². The molecule has 24 heavy (non-hydrogen) atoms. The molecule has 1 aliphatic heterocycles. The van der Waals surface area contributed by atoms with Gasteiger partial charge < -0.3 is 4.90 Å². The van der Waals surface area contributed by atoms with Crippen LogP contribution in [0.1, 0.15) is 40.2 Å². The topological polar surface area (TPSA) is 69.9 Å². The standard InChI is InChI=1S/C19H20N4O/c1-13-10-14(2)22-19(16(13)11-20)23-9-5-6-15(12-23)18(24)17-7-3-4-8-21-17/h3-4,7-8,10,15H,5-6,9,12H2,1-2H3. The average molecular weight is 320 g/mol. The molecule has 0 aromatic carbocycles. The van der Waals surface area contributed by atoms with Crippen LogP contribution >= 0.6 is 0 Å². The third-order valence-electron chi connectivity index (χ3n) is 4.45. The summed E-state index contributed by atoms with van der Waals surface area (Å²) in [4.78, 5) is 23.5. The molecule has 5 heteroatoms. The van der Waals surface area contributed by atoms with Gasteiger partial charge in [0.15, 0.2) is 5.78 Å². The first-order valence-electron chi connectivity index (χ1n) is 8.18. The molecule has 0 amide bonds. The van der Waals surface area contributed by atoms with Crippen LogP contribution in [-0.2, 0) is 0 Å². The molecule has 0 N–H and O–H groups in total. The van der Waals surface area contributed by atoms with Crippen molar-refractivity contribution in [2.45, 2.75) is 26.7 Å². The summed E-state index contributed by atoms with van der Waals surface area (Å²) in [5.74, 6) is 0.666. The van der Waals surface area contributed by atoms with E-state index in [9.17, 15) is 10.1 Å². The first kappa shape index (κ1) is 16.1. The predicted molar refractivity (Wildman–Crippen MR) is 91.9 cm³/mol. The van der Waals surface area contributed by atoms with Crippen molar-refractivity contribution in [2.75, 3.05) is 18.0 Å². The number of Topliss-reactive ketones (excluding diaryl/α,β-unsaturated/α-hetero) is 1. The van der Waals surface area contributed by atoms with Crippen LogP contribution in [-0.4, -0.2) is 28.8 Å². The predicted octanol–water partition coefficient (Wildman–Crippen LogP) is 3.06. The van der Waals surface area contributed by atoms with Gasteiger partial charge >= 0.3 is 0 Å². The van der Waals surface area contributed by atoms with Crippen LogP contribution in [0.25, 0.3) is 0 Å². The van der Waals surface area contributed by atoms with Gasteiger partial charge in [0.25, 0.3) is 0 Å². The molecule has 1 fully saturated rings. The van der Waals surface area contributed by atoms with Gasteiger partial charge in [-0.05, 0) is 50.5 Å². The molecule has 1 saturated heterocycles. The monoisotopic (exact) mass is 320 g/mol. The number of ketones is 1. The SMILES string of the molecule is Cc1cc(C)c(C#N)c(N2CCCC(C(=O)c3ccccn3)C2)n1. The summed E-state index contributed by atoms with van der Waals surface area (Å²) >= 11 is 0. The lowest BCUT2D eigenvalue weighted by atomic mass is 9.91. The van der Waals surface area contributed by atoms with E-state index in [1.165, 1.54) is 0 Å². The number of carbonyl (C=O) groups is 1. The Hall–Kier alpha value is -2.74. The number of aromatic nitrogens is 2. The van der Waals surface area contributed by atoms with E-state index in [1.54, 1.807) is 12.3 Å². The van der Waals surface area contributed by atoms with Gasteiger partial charge in [-0.1, -0.05) is 6.07 Å². The molecule has 2 aromatic heterocycles. The molecule has 3 heterocycles. The number of rotatable bonds is 3. The highest BCUT2D eigenvalue weighted by molar-refractivity contribution is 5.96. The quantitative estimate of drug-likeness (QED) is 0.813. The zero-order valence-electron chi connectivity index (χ0n) is 14.0. The highest BCUT2D eigenvalue weighted by atomic mass is 16.1. The minimum absolute atomic E-state index is 0.0724. The molecule has 0 bridgehead atoms. The fraction of sp³-hybridized carbons (Fsp3) is 0.368. The Morgan fingerprint density at radius 2 is 2.21 bits per heavy atom. The molecule has 0 radical (unpaired) electrons. The average Bonchev–Trinajstić information content (AvgIpc) is 2.61. The minimum atomic E-state index is -0.109. The van der Waals surface area contributed by atoms with Gasteiger partial charge in [-0.2, -0.15) is 5.26 Å². The lowest BCUT2D eigenvalue weighted by Gasteiger charge is -2.33. The third-order valence-corrected chi connectivity index (χ3v) is 4.45. The molecule has 1 atom stereocenters. The molecular weight excluding hydrogens is 300 g/mol. The highest BCUT2D eigenvalue weighted by Gasteiger charge is 2.29. The Balaban J connectivity index is 1.87. The van der Waals surface area contributed by atoms with Gasteiger partial charge in [0.1, 0.15) is 17.6 Å². The Kier molecular flexibility index (Phi) is 4.57. The number of hydrogen-bond donors (Lipinski definition) is 0. The van der Waals surface area contributed by atoms with Crippen molar-refractivity contribution in [2.24, 2.45) is 5.92 Å². The molecule has 1 aliphatic rings. The number of aryl methyl sites for hydroxylation is 2. The van der Waals surface area contributed by atoms with Crippen LogP contribution in [0.4, 0.5) is 5.82 Å². The normalized spacial score (nSPS) is 17.4. The number of pyridine rings is 2. The molecule has 5 nitrogen and oxygen atoms in total. The van der Waals surface area contributed by atoms with Gasteiger partial charge in [-0.3, -0.25) is 9.78 Å². The summed E-state index contributed by atoms with van der Waals surface area (Å²) in [7, 11) is 0. The molecule has 0 saturated carbocycles. The summed E-state index contributed by atoms with van der Waals surface area (Å²) in [6, 6.07) is 9.58. The van der Waals surface area contributed by atoms with E-state index < -0.39 is 0 Å². The molecule has 3 rings (SSSR count). The second kappa shape index (κ2) is 6.79. The van der Waals surface area contributed by atoms with Crippen molar-refractivity contribution in [1.29, 1.82) is 5.26 Å². The minimum Gasteiger partial charge on any atom is -0.355 e. The zero-order valence-corrected chi connectivity index (χ0v) is 14.0. The van der Waals surface area contributed by atoms with E-state index in [2.05, 4.69) is 20.9 Å². The number of nitriles is 1. The lowest BCUT2D eigenvalue weighted by Crippen LogP contribution is -2.40. The lowest BCUT2D eigenvalue weighted by molar-refractivity contribution is 0.0902. The number of carbonyl (C=O) groups excluding carboxylic acids is 1. The Labute approximate surface area is 142 Å². The third kappa shape index (κ3) is 3.13. The number of nitrogens with zero attached hydrogens (tertiary/aromatic N) is 4. The van der Waals surface area contributed by atoms with Crippen molar-refractivity contribution in [3.63, 3.8) is 0 Å². The van der Waals surface area contributed by atoms with E-state index in [1.807, 2.05) is 32.0 Å². The fourth-order valence-corrected chi connectivity index (χ4v) is 3.29. The second-order valence-corrected chi connectivity index (χ2v) is 6.26. The fourth-order valence-electron chi connectivity index (χ4n) is 3.29. The molecule has 0 aliphatic carbocycles. The number of piperidine rings is 1. The van der Waals surface area contributed by atoms with Crippen molar-refractivity contribution >= 4 is 11.6 Å². The summed E-state index contributed by atoms with van der Waals surface area (Å²) < 4.78 is 0. The summed E-state index contributed by atoms with van der Waals surface area (Å²) in [6.45, 7) is 5.26. The molecular formula is C19H20N4O. The van der Waals surface area contributed by atoms with Gasteiger partial charge in [-0.15, -0.1) is 0 Å². The molecule has 0 spiro atoms. The van der Waals surface area contributed by atoms with E-state index >= 15 is 0 Å². The molecule has 1 unspecified atom stereocenters. The Bertz CT molecular complexity index is 795. The Morgan fingerprint density at radius 1 is 1.38 bits per heavy atom. The molecule has 122 valence electrons. The number of anilines is 1. The number of hydrogen-bond acceptors (Lipinski definition) is 5. The van der Waals surface area contributed by atoms with Crippen molar-refractivity contribution < 1.29 is 4.79 Å². The van der Waals surface area contributed by atoms with Crippen LogP contribution in [0.5, 0.6) is 0 Å². The van der Waals surface area contributed by atoms with E-state index in [-0.39, 0.29) is 11.7 Å². The summed E-state index contributed by atoms with van der Waals surface area (Å²) in [5, 5.41) is 9.48. The van der Waals surface area contributed by atoms with E-state index in [0.717, 1.165) is 30.6 Å². The maximum Gasteiger partial charge on any atom is 0.185 e.